The van der Waals surface area contributed by atoms with Gasteiger partial charge < -0.3 is 15.2 Å². The van der Waals surface area contributed by atoms with Crippen LogP contribution in [0.25, 0.3) is 0 Å². The summed E-state index contributed by atoms with van der Waals surface area (Å²) < 4.78 is 5.71. The Morgan fingerprint density at radius 1 is 0.926 bits per heavy atom. The van der Waals surface area contributed by atoms with Gasteiger partial charge in [-0.05, 0) is 42.5 Å². The van der Waals surface area contributed by atoms with Gasteiger partial charge in [-0.3, -0.25) is 9.59 Å². The second-order valence-electron chi connectivity index (χ2n) is 7.06. The monoisotopic (exact) mass is 367 g/mol. The summed E-state index contributed by atoms with van der Waals surface area (Å²) in [6.45, 7) is 1.07. The summed E-state index contributed by atoms with van der Waals surface area (Å²) in [6.07, 6.45) is 2.62. The number of hydrogen-bond donors (Lipinski definition) is 2. The highest BCUT2D eigenvalue weighted by molar-refractivity contribution is 5.93. The van der Waals surface area contributed by atoms with Crippen molar-refractivity contribution in [2.45, 2.75) is 38.9 Å². The van der Waals surface area contributed by atoms with Crippen LogP contribution < -0.4 is 5.32 Å². The first kappa shape index (κ1) is 19.1. The number of carbonyl (C=O) groups is 2. The van der Waals surface area contributed by atoms with Crippen molar-refractivity contribution >= 4 is 17.6 Å². The summed E-state index contributed by atoms with van der Waals surface area (Å²) in [4.78, 5) is 23.6. The third-order valence-corrected chi connectivity index (χ3v) is 5.00. The fourth-order valence-corrected chi connectivity index (χ4v) is 3.44. The SMILES string of the molecule is O=C(O)C1CCCC(C(=O)Nc2ccc(COCc3ccccc3)cc2)C1. The number of hydrogen-bond acceptors (Lipinski definition) is 3. The van der Waals surface area contributed by atoms with Crippen LogP contribution in [0.5, 0.6) is 0 Å². The van der Waals surface area contributed by atoms with E-state index in [1.165, 1.54) is 0 Å². The van der Waals surface area contributed by atoms with E-state index in [-0.39, 0.29) is 11.8 Å². The van der Waals surface area contributed by atoms with Gasteiger partial charge in [0.25, 0.3) is 0 Å². The minimum atomic E-state index is -0.799. The number of carboxylic acid groups (broad SMARTS) is 1. The van der Waals surface area contributed by atoms with Gasteiger partial charge in [-0.25, -0.2) is 0 Å². The van der Waals surface area contributed by atoms with Crippen LogP contribution in [-0.2, 0) is 27.5 Å². The molecule has 5 nitrogen and oxygen atoms in total. The number of ether oxygens (including phenoxy) is 1. The molecule has 0 saturated heterocycles. The van der Waals surface area contributed by atoms with Crippen molar-refractivity contribution in [3.63, 3.8) is 0 Å². The first-order chi connectivity index (χ1) is 13.1. The maximum absolute atomic E-state index is 12.4. The Morgan fingerprint density at radius 2 is 1.56 bits per heavy atom. The number of carbonyl (C=O) groups excluding carboxylic acids is 1. The number of nitrogens with one attached hydrogen (secondary N) is 1. The number of carboxylic acids is 1. The average Bonchev–Trinajstić information content (AvgIpc) is 2.70. The summed E-state index contributed by atoms with van der Waals surface area (Å²) in [5, 5.41) is 12.1. The second kappa shape index (κ2) is 9.33. The quantitative estimate of drug-likeness (QED) is 0.768. The van der Waals surface area contributed by atoms with Crippen LogP contribution in [0.1, 0.15) is 36.8 Å². The molecule has 1 aliphatic rings. The van der Waals surface area contributed by atoms with Gasteiger partial charge in [0.05, 0.1) is 19.1 Å². The zero-order chi connectivity index (χ0) is 19.1. The molecule has 1 aliphatic carbocycles. The van der Waals surface area contributed by atoms with E-state index in [1.807, 2.05) is 54.6 Å². The van der Waals surface area contributed by atoms with E-state index in [0.29, 0.717) is 26.1 Å². The number of rotatable bonds is 7. The third-order valence-electron chi connectivity index (χ3n) is 5.00. The predicted octanol–water partition coefficient (Wildman–Crippen LogP) is 4.23. The molecule has 2 unspecified atom stereocenters. The van der Waals surface area contributed by atoms with Crippen LogP contribution in [0.15, 0.2) is 54.6 Å². The Balaban J connectivity index is 1.47. The molecule has 1 amide bonds. The second-order valence-corrected chi connectivity index (χ2v) is 7.06. The lowest BCUT2D eigenvalue weighted by molar-refractivity contribution is -0.143. The fourth-order valence-electron chi connectivity index (χ4n) is 3.44. The molecular weight excluding hydrogens is 342 g/mol. The highest BCUT2D eigenvalue weighted by Crippen LogP contribution is 2.30. The molecule has 27 heavy (non-hydrogen) atoms. The minimum absolute atomic E-state index is 0.0889. The Labute approximate surface area is 159 Å². The zero-order valence-electron chi connectivity index (χ0n) is 15.3. The molecule has 1 saturated carbocycles. The Hall–Kier alpha value is -2.66. The van der Waals surface area contributed by atoms with E-state index in [4.69, 9.17) is 9.84 Å². The molecule has 2 aromatic rings. The average molecular weight is 367 g/mol. The maximum Gasteiger partial charge on any atom is 0.306 e. The van der Waals surface area contributed by atoms with E-state index < -0.39 is 11.9 Å². The maximum atomic E-state index is 12.4. The smallest absolute Gasteiger partial charge is 0.306 e. The Kier molecular flexibility index (Phi) is 6.60. The summed E-state index contributed by atoms with van der Waals surface area (Å²) in [5.41, 5.74) is 2.89. The third kappa shape index (κ3) is 5.66. The molecule has 0 radical (unpaired) electrons. The lowest BCUT2D eigenvalue weighted by Crippen LogP contribution is -2.30. The zero-order valence-corrected chi connectivity index (χ0v) is 15.3. The number of anilines is 1. The lowest BCUT2D eigenvalue weighted by atomic mass is 9.81. The first-order valence-corrected chi connectivity index (χ1v) is 9.36. The van der Waals surface area contributed by atoms with Crippen molar-refractivity contribution in [3.05, 3.63) is 65.7 Å². The molecule has 3 rings (SSSR count). The number of amides is 1. The standard InChI is InChI=1S/C22H25NO4/c24-21(18-7-4-8-19(13-18)22(25)26)23-20-11-9-17(10-12-20)15-27-14-16-5-2-1-3-6-16/h1-3,5-6,9-12,18-19H,4,7-8,13-15H2,(H,23,24)(H,25,26). The van der Waals surface area contributed by atoms with E-state index >= 15 is 0 Å². The number of aliphatic carboxylic acids is 1. The van der Waals surface area contributed by atoms with E-state index in [2.05, 4.69) is 5.32 Å². The molecule has 1 fully saturated rings. The van der Waals surface area contributed by atoms with Crippen molar-refractivity contribution in [3.8, 4) is 0 Å². The molecule has 5 heteroatoms. The van der Waals surface area contributed by atoms with Gasteiger partial charge in [0.1, 0.15) is 0 Å². The molecule has 2 N–H and O–H groups in total. The van der Waals surface area contributed by atoms with Gasteiger partial charge >= 0.3 is 5.97 Å². The first-order valence-electron chi connectivity index (χ1n) is 9.36. The molecule has 0 spiro atoms. The van der Waals surface area contributed by atoms with Crippen molar-refractivity contribution in [1.82, 2.24) is 0 Å². The topological polar surface area (TPSA) is 75.6 Å². The van der Waals surface area contributed by atoms with Crippen LogP contribution in [0.3, 0.4) is 0 Å². The van der Waals surface area contributed by atoms with Crippen molar-refractivity contribution in [1.29, 1.82) is 0 Å². The molecule has 2 aromatic carbocycles. The van der Waals surface area contributed by atoms with Gasteiger partial charge in [0.15, 0.2) is 0 Å². The summed E-state index contributed by atoms with van der Waals surface area (Å²) in [5.74, 6) is -1.52. The van der Waals surface area contributed by atoms with Crippen LogP contribution in [0.4, 0.5) is 5.69 Å². The summed E-state index contributed by atoms with van der Waals surface area (Å²) in [6, 6.07) is 17.6. The van der Waals surface area contributed by atoms with E-state index in [1.54, 1.807) is 0 Å². The van der Waals surface area contributed by atoms with Gasteiger partial charge in [0.2, 0.25) is 5.91 Å². The van der Waals surface area contributed by atoms with Crippen LogP contribution in [0.2, 0.25) is 0 Å². The molecule has 2 atom stereocenters. The fraction of sp³-hybridized carbons (Fsp3) is 0.364. The van der Waals surface area contributed by atoms with Crippen LogP contribution >= 0.6 is 0 Å². The van der Waals surface area contributed by atoms with E-state index in [0.717, 1.165) is 29.7 Å². The van der Waals surface area contributed by atoms with Gasteiger partial charge in [-0.15, -0.1) is 0 Å². The normalized spacial score (nSPS) is 19.4. The van der Waals surface area contributed by atoms with Crippen LogP contribution in [-0.4, -0.2) is 17.0 Å². The molecular formula is C22H25NO4. The van der Waals surface area contributed by atoms with E-state index in [9.17, 15) is 9.59 Å². The Morgan fingerprint density at radius 3 is 2.22 bits per heavy atom. The lowest BCUT2D eigenvalue weighted by Gasteiger charge is -2.25. The summed E-state index contributed by atoms with van der Waals surface area (Å²) >= 11 is 0. The summed E-state index contributed by atoms with van der Waals surface area (Å²) in [7, 11) is 0. The molecule has 0 aromatic heterocycles. The van der Waals surface area contributed by atoms with Gasteiger partial charge in [-0.2, -0.15) is 0 Å². The number of benzene rings is 2. The van der Waals surface area contributed by atoms with Gasteiger partial charge in [0, 0.05) is 11.6 Å². The largest absolute Gasteiger partial charge is 0.481 e. The van der Waals surface area contributed by atoms with Crippen molar-refractivity contribution < 1.29 is 19.4 Å². The van der Waals surface area contributed by atoms with Crippen molar-refractivity contribution in [2.75, 3.05) is 5.32 Å². The molecule has 0 bridgehead atoms. The highest BCUT2D eigenvalue weighted by atomic mass is 16.5. The predicted molar refractivity (Wildman–Crippen MR) is 103 cm³/mol. The molecule has 0 aliphatic heterocycles. The highest BCUT2D eigenvalue weighted by Gasteiger charge is 2.30. The Bertz CT molecular complexity index is 758. The molecule has 0 heterocycles. The van der Waals surface area contributed by atoms with Crippen molar-refractivity contribution in [2.24, 2.45) is 11.8 Å². The van der Waals surface area contributed by atoms with Crippen LogP contribution in [0, 0.1) is 11.8 Å². The van der Waals surface area contributed by atoms with Gasteiger partial charge in [-0.1, -0.05) is 48.9 Å². The molecule has 142 valence electrons. The minimum Gasteiger partial charge on any atom is -0.481 e.